The van der Waals surface area contributed by atoms with Crippen molar-refractivity contribution in [3.05, 3.63) is 101 Å². The first-order chi connectivity index (χ1) is 16.3. The summed E-state index contributed by atoms with van der Waals surface area (Å²) in [5.41, 5.74) is 16.0. The Morgan fingerprint density at radius 1 is 0.917 bits per heavy atom. The van der Waals surface area contributed by atoms with E-state index in [1.165, 1.54) is 18.2 Å². The van der Waals surface area contributed by atoms with Crippen LogP contribution in [0, 0.1) is 6.92 Å². The molecule has 0 radical (unpaired) electrons. The number of hydrogen-bond acceptors (Lipinski definition) is 5. The molecule has 4 rings (SSSR count). The van der Waals surface area contributed by atoms with Crippen LogP contribution in [-0.2, 0) is 6.54 Å². The molecule has 0 saturated carbocycles. The summed E-state index contributed by atoms with van der Waals surface area (Å²) in [6.07, 6.45) is 0. The predicted octanol–water partition coefficient (Wildman–Crippen LogP) is 5.62. The number of pyridine rings is 1. The minimum atomic E-state index is -1.10. The van der Waals surface area contributed by atoms with Gasteiger partial charge in [0.25, 0.3) is 0 Å². The van der Waals surface area contributed by atoms with E-state index in [0.717, 1.165) is 22.3 Å². The van der Waals surface area contributed by atoms with Gasteiger partial charge in [0.15, 0.2) is 0 Å². The number of primary amides is 1. The van der Waals surface area contributed by atoms with Gasteiger partial charge in [0.05, 0.1) is 11.3 Å². The highest BCUT2D eigenvalue weighted by Gasteiger charge is 2.16. The zero-order valence-electron chi connectivity index (χ0n) is 19.3. The van der Waals surface area contributed by atoms with Crippen molar-refractivity contribution < 1.29 is 19.4 Å². The van der Waals surface area contributed by atoms with Crippen LogP contribution >= 0.6 is 24.8 Å². The highest BCUT2D eigenvalue weighted by molar-refractivity contribution is 5.98. The summed E-state index contributed by atoms with van der Waals surface area (Å²) in [4.78, 5) is 28.1. The highest BCUT2D eigenvalue weighted by Crippen LogP contribution is 2.31. The molecule has 0 aliphatic heterocycles. The molecule has 5 N–H and O–H groups in total. The van der Waals surface area contributed by atoms with E-state index in [0.29, 0.717) is 17.9 Å². The molecule has 9 heteroatoms. The maximum atomic E-state index is 12.0. The summed E-state index contributed by atoms with van der Waals surface area (Å²) in [7, 11) is 0. The Labute approximate surface area is 220 Å². The SMILES string of the molecule is Cc1cc(Oc2cc(C(N)=O)cc(-c3ccccc3C(=O)O)n2)cc(-c2cccc(CN)c2)c1.Cl.Cl. The van der Waals surface area contributed by atoms with Gasteiger partial charge >= 0.3 is 5.97 Å². The van der Waals surface area contributed by atoms with Crippen molar-refractivity contribution in [2.45, 2.75) is 13.5 Å². The number of carboxylic acid groups (broad SMARTS) is 1. The van der Waals surface area contributed by atoms with Crippen molar-refractivity contribution in [1.29, 1.82) is 0 Å². The van der Waals surface area contributed by atoms with Crippen molar-refractivity contribution in [3.63, 3.8) is 0 Å². The fraction of sp³-hybridized carbons (Fsp3) is 0.0741. The van der Waals surface area contributed by atoms with Crippen molar-refractivity contribution in [2.75, 3.05) is 0 Å². The summed E-state index contributed by atoms with van der Waals surface area (Å²) in [5.74, 6) is -1.14. The molecule has 186 valence electrons. The zero-order chi connectivity index (χ0) is 24.2. The molecule has 1 heterocycles. The number of carboxylic acids is 1. The lowest BCUT2D eigenvalue weighted by Crippen LogP contribution is -2.12. The molecule has 0 aliphatic rings. The van der Waals surface area contributed by atoms with Crippen LogP contribution in [0.5, 0.6) is 11.6 Å². The molecule has 1 amide bonds. The first-order valence-corrected chi connectivity index (χ1v) is 10.6. The van der Waals surface area contributed by atoms with Gasteiger partial charge in [0, 0.05) is 23.7 Å². The lowest BCUT2D eigenvalue weighted by atomic mass is 10.0. The Kier molecular flexibility index (Phi) is 9.58. The summed E-state index contributed by atoms with van der Waals surface area (Å²) >= 11 is 0. The minimum Gasteiger partial charge on any atom is -0.478 e. The average Bonchev–Trinajstić information content (AvgIpc) is 2.83. The zero-order valence-corrected chi connectivity index (χ0v) is 20.9. The number of aromatic nitrogens is 1. The number of carbonyl (C=O) groups excluding carboxylic acids is 1. The van der Waals surface area contributed by atoms with Gasteiger partial charge in [-0.15, -0.1) is 24.8 Å². The second-order valence-electron chi connectivity index (χ2n) is 7.84. The van der Waals surface area contributed by atoms with Gasteiger partial charge < -0.3 is 21.3 Å². The van der Waals surface area contributed by atoms with Crippen molar-refractivity contribution in [2.24, 2.45) is 11.5 Å². The number of nitrogens with two attached hydrogens (primary N) is 2. The molecule has 0 fully saturated rings. The highest BCUT2D eigenvalue weighted by atomic mass is 35.5. The van der Waals surface area contributed by atoms with Crippen molar-refractivity contribution in [3.8, 4) is 34.0 Å². The van der Waals surface area contributed by atoms with E-state index in [1.54, 1.807) is 18.2 Å². The standard InChI is InChI=1S/C27H23N3O4.2ClH/c1-16-9-19(18-6-4-5-17(11-18)15-28)12-21(10-16)34-25-14-20(26(29)31)13-24(30-25)22-7-2-3-8-23(22)27(32)33;;/h2-14H,15,28H2,1H3,(H2,29,31)(H,32,33);2*1H. The first kappa shape index (κ1) is 28.3. The number of ether oxygens (including phenoxy) is 1. The molecule has 0 bridgehead atoms. The molecule has 0 unspecified atom stereocenters. The molecule has 4 aromatic rings. The van der Waals surface area contributed by atoms with Crippen LogP contribution in [-0.4, -0.2) is 22.0 Å². The van der Waals surface area contributed by atoms with Gasteiger partial charge in [-0.25, -0.2) is 9.78 Å². The van der Waals surface area contributed by atoms with Gasteiger partial charge in [-0.3, -0.25) is 4.79 Å². The van der Waals surface area contributed by atoms with Gasteiger partial charge in [-0.05, 0) is 59.5 Å². The smallest absolute Gasteiger partial charge is 0.336 e. The Morgan fingerprint density at radius 3 is 2.36 bits per heavy atom. The van der Waals surface area contributed by atoms with Gasteiger partial charge in [0.1, 0.15) is 5.75 Å². The number of hydrogen-bond donors (Lipinski definition) is 3. The number of amides is 1. The second-order valence-corrected chi connectivity index (χ2v) is 7.84. The first-order valence-electron chi connectivity index (χ1n) is 10.6. The van der Waals surface area contributed by atoms with E-state index >= 15 is 0 Å². The molecular formula is C27H25Cl2N3O4. The lowest BCUT2D eigenvalue weighted by molar-refractivity contribution is 0.0697. The Balaban J connectivity index is 0.00000228. The van der Waals surface area contributed by atoms with E-state index in [2.05, 4.69) is 4.98 Å². The summed E-state index contributed by atoms with van der Waals surface area (Å²) in [5, 5.41) is 9.56. The maximum Gasteiger partial charge on any atom is 0.336 e. The van der Waals surface area contributed by atoms with Crippen LogP contribution in [0.4, 0.5) is 0 Å². The quantitative estimate of drug-likeness (QED) is 0.287. The van der Waals surface area contributed by atoms with Crippen LogP contribution in [0.3, 0.4) is 0 Å². The largest absolute Gasteiger partial charge is 0.478 e. The third-order valence-corrected chi connectivity index (χ3v) is 5.29. The lowest BCUT2D eigenvalue weighted by Gasteiger charge is -2.13. The van der Waals surface area contributed by atoms with Gasteiger partial charge in [0.2, 0.25) is 11.8 Å². The predicted molar refractivity (Wildman–Crippen MR) is 144 cm³/mol. The van der Waals surface area contributed by atoms with E-state index in [1.807, 2.05) is 49.4 Å². The topological polar surface area (TPSA) is 129 Å². The van der Waals surface area contributed by atoms with Crippen LogP contribution in [0.15, 0.2) is 78.9 Å². The molecular weight excluding hydrogens is 501 g/mol. The number of benzene rings is 3. The Hall–Kier alpha value is -3.91. The number of rotatable bonds is 7. The summed E-state index contributed by atoms with van der Waals surface area (Å²) in [6, 6.07) is 23.0. The third kappa shape index (κ3) is 6.40. The molecule has 3 aromatic carbocycles. The monoisotopic (exact) mass is 525 g/mol. The van der Waals surface area contributed by atoms with Crippen LogP contribution in [0.1, 0.15) is 31.8 Å². The fourth-order valence-corrected chi connectivity index (χ4v) is 3.70. The second kappa shape index (κ2) is 12.2. The van der Waals surface area contributed by atoms with E-state index in [4.69, 9.17) is 16.2 Å². The molecule has 0 saturated heterocycles. The van der Waals surface area contributed by atoms with Crippen LogP contribution < -0.4 is 16.2 Å². The molecule has 0 spiro atoms. The number of aromatic carboxylic acids is 1. The van der Waals surface area contributed by atoms with E-state index < -0.39 is 11.9 Å². The number of halogens is 2. The number of nitrogens with zero attached hydrogens (tertiary/aromatic N) is 1. The maximum absolute atomic E-state index is 12.0. The molecule has 1 aromatic heterocycles. The Bertz CT molecular complexity index is 1410. The van der Waals surface area contributed by atoms with Crippen LogP contribution in [0.2, 0.25) is 0 Å². The van der Waals surface area contributed by atoms with Crippen molar-refractivity contribution >= 4 is 36.7 Å². The minimum absolute atomic E-state index is 0. The number of aryl methyl sites for hydroxylation is 1. The molecule has 0 aliphatic carbocycles. The van der Waals surface area contributed by atoms with Crippen molar-refractivity contribution in [1.82, 2.24) is 4.98 Å². The Morgan fingerprint density at radius 2 is 1.67 bits per heavy atom. The fourth-order valence-electron chi connectivity index (χ4n) is 3.70. The molecule has 36 heavy (non-hydrogen) atoms. The normalized spacial score (nSPS) is 10.1. The summed E-state index contributed by atoms with van der Waals surface area (Å²) < 4.78 is 6.04. The van der Waals surface area contributed by atoms with Gasteiger partial charge in [-0.1, -0.05) is 42.5 Å². The number of carbonyl (C=O) groups is 2. The van der Waals surface area contributed by atoms with Crippen LogP contribution in [0.25, 0.3) is 22.4 Å². The van der Waals surface area contributed by atoms with E-state index in [9.17, 15) is 14.7 Å². The van der Waals surface area contributed by atoms with Gasteiger partial charge in [-0.2, -0.15) is 0 Å². The third-order valence-electron chi connectivity index (χ3n) is 5.29. The molecule has 7 nitrogen and oxygen atoms in total. The molecule has 0 atom stereocenters. The average molecular weight is 526 g/mol. The summed E-state index contributed by atoms with van der Waals surface area (Å²) in [6.45, 7) is 2.39. The van der Waals surface area contributed by atoms with E-state index in [-0.39, 0.29) is 47.5 Å².